The third kappa shape index (κ3) is 1.54. The van der Waals surface area contributed by atoms with Crippen LogP contribution in [0.15, 0.2) is 0 Å². The lowest BCUT2D eigenvalue weighted by molar-refractivity contribution is 0.0834. The number of hydrogen-bond acceptors (Lipinski definition) is 3. The van der Waals surface area contributed by atoms with Crippen LogP contribution in [0.4, 0.5) is 0 Å². The van der Waals surface area contributed by atoms with Gasteiger partial charge in [-0.3, -0.25) is 0 Å². The molecule has 0 spiro atoms. The largest absolute Gasteiger partial charge is 0.506 e. The molecular weight excluding hydrogens is 196 g/mol. The minimum Gasteiger partial charge on any atom is -0.377 e. The highest BCUT2D eigenvalue weighted by Crippen LogP contribution is 2.56. The maximum atomic E-state index is 5.59. The Morgan fingerprint density at radius 1 is 1.14 bits per heavy atom. The molecule has 3 nitrogen and oxygen atoms in total. The van der Waals surface area contributed by atoms with E-state index in [0.717, 1.165) is 6.42 Å². The summed E-state index contributed by atoms with van der Waals surface area (Å²) in [5.74, 6) is 0.619. The summed E-state index contributed by atoms with van der Waals surface area (Å²) < 4.78 is 16.8. The highest BCUT2D eigenvalue weighted by molar-refractivity contribution is 6.64. The second-order valence-corrected chi connectivity index (χ2v) is 7.86. The molecule has 1 rings (SSSR count). The van der Waals surface area contributed by atoms with Crippen LogP contribution >= 0.6 is 0 Å². The predicted molar refractivity (Wildman–Crippen MR) is 58.2 cm³/mol. The second kappa shape index (κ2) is 4.31. The van der Waals surface area contributed by atoms with Crippen LogP contribution in [0.5, 0.6) is 0 Å². The number of hydrogen-bond donors (Lipinski definition) is 0. The monoisotopic (exact) mass is 218 g/mol. The van der Waals surface area contributed by atoms with Crippen LogP contribution in [0.3, 0.4) is 0 Å². The van der Waals surface area contributed by atoms with Crippen LogP contribution in [0, 0.1) is 5.92 Å². The van der Waals surface area contributed by atoms with Gasteiger partial charge in [-0.05, 0) is 12.3 Å². The third-order valence-electron chi connectivity index (χ3n) is 3.93. The quantitative estimate of drug-likeness (QED) is 0.678. The molecule has 0 aromatic carbocycles. The SMILES string of the molecule is CO[Si](OC)(OC)C1(C)CCCC1C. The Hall–Kier alpha value is 0.0969. The molecule has 0 heterocycles. The van der Waals surface area contributed by atoms with Crippen molar-refractivity contribution in [3.05, 3.63) is 0 Å². The molecule has 2 atom stereocenters. The summed E-state index contributed by atoms with van der Waals surface area (Å²) in [7, 11) is 2.64. The lowest BCUT2D eigenvalue weighted by Crippen LogP contribution is -2.54. The van der Waals surface area contributed by atoms with Crippen LogP contribution in [-0.2, 0) is 13.3 Å². The van der Waals surface area contributed by atoms with Crippen LogP contribution in [0.1, 0.15) is 33.1 Å². The van der Waals surface area contributed by atoms with Crippen LogP contribution in [-0.4, -0.2) is 30.1 Å². The molecule has 0 aromatic rings. The summed E-state index contributed by atoms with van der Waals surface area (Å²) in [4.78, 5) is 0. The summed E-state index contributed by atoms with van der Waals surface area (Å²) in [6, 6.07) is 0. The fourth-order valence-electron chi connectivity index (χ4n) is 2.74. The van der Waals surface area contributed by atoms with Gasteiger partial charge in [-0.15, -0.1) is 0 Å². The van der Waals surface area contributed by atoms with Gasteiger partial charge in [0.2, 0.25) is 0 Å². The van der Waals surface area contributed by atoms with Gasteiger partial charge in [-0.1, -0.05) is 26.7 Å². The van der Waals surface area contributed by atoms with Crippen molar-refractivity contribution in [3.8, 4) is 0 Å². The Balaban J connectivity index is 2.96. The van der Waals surface area contributed by atoms with Gasteiger partial charge in [0.15, 0.2) is 0 Å². The maximum absolute atomic E-state index is 5.59. The minimum absolute atomic E-state index is 0.0885. The van der Waals surface area contributed by atoms with E-state index in [1.165, 1.54) is 12.8 Å². The predicted octanol–water partition coefficient (Wildman–Crippen LogP) is 2.44. The maximum Gasteiger partial charge on any atom is 0.506 e. The second-order valence-electron chi connectivity index (χ2n) is 4.38. The molecule has 14 heavy (non-hydrogen) atoms. The van der Waals surface area contributed by atoms with Gasteiger partial charge in [0.05, 0.1) is 0 Å². The molecule has 84 valence electrons. The molecular formula is C10H22O3Si. The van der Waals surface area contributed by atoms with Crippen molar-refractivity contribution in [2.75, 3.05) is 21.3 Å². The van der Waals surface area contributed by atoms with E-state index in [9.17, 15) is 0 Å². The molecule has 0 N–H and O–H groups in total. The van der Waals surface area contributed by atoms with Crippen molar-refractivity contribution in [1.29, 1.82) is 0 Å². The van der Waals surface area contributed by atoms with Gasteiger partial charge >= 0.3 is 8.80 Å². The van der Waals surface area contributed by atoms with Crippen LogP contribution in [0.25, 0.3) is 0 Å². The molecule has 0 radical (unpaired) electrons. The molecule has 0 aliphatic heterocycles. The lowest BCUT2D eigenvalue weighted by atomic mass is 9.99. The summed E-state index contributed by atoms with van der Waals surface area (Å²) in [5.41, 5.74) is 0. The standard InChI is InChI=1S/C10H22O3Si/c1-9-7-6-8-10(9,2)14(11-3,12-4)13-5/h9H,6-8H2,1-5H3. The third-order valence-corrected chi connectivity index (χ3v) is 7.68. The first-order valence-electron chi connectivity index (χ1n) is 5.21. The summed E-state index contributed by atoms with van der Waals surface area (Å²) in [6.45, 7) is 4.51. The fraction of sp³-hybridized carbons (Fsp3) is 1.00. The molecule has 1 aliphatic rings. The van der Waals surface area contributed by atoms with Crippen molar-refractivity contribution in [3.63, 3.8) is 0 Å². The van der Waals surface area contributed by atoms with Gasteiger partial charge in [0.1, 0.15) is 0 Å². The van der Waals surface area contributed by atoms with E-state index in [1.54, 1.807) is 21.3 Å². The Morgan fingerprint density at radius 3 is 1.93 bits per heavy atom. The summed E-state index contributed by atoms with van der Waals surface area (Å²) >= 11 is 0. The Bertz CT molecular complexity index is 186. The molecule has 1 saturated carbocycles. The summed E-state index contributed by atoms with van der Waals surface area (Å²) in [5, 5.41) is 0.0885. The van der Waals surface area contributed by atoms with Crippen molar-refractivity contribution < 1.29 is 13.3 Å². The normalized spacial score (nSPS) is 33.6. The van der Waals surface area contributed by atoms with Gasteiger partial charge in [-0.2, -0.15) is 0 Å². The van der Waals surface area contributed by atoms with E-state index >= 15 is 0 Å². The van der Waals surface area contributed by atoms with Gasteiger partial charge in [0, 0.05) is 26.4 Å². The Kier molecular flexibility index (Phi) is 3.74. The van der Waals surface area contributed by atoms with Crippen molar-refractivity contribution >= 4 is 8.80 Å². The Morgan fingerprint density at radius 2 is 1.64 bits per heavy atom. The lowest BCUT2D eigenvalue weighted by Gasteiger charge is -2.41. The Labute approximate surface area is 88.1 Å². The van der Waals surface area contributed by atoms with E-state index in [1.807, 2.05) is 0 Å². The van der Waals surface area contributed by atoms with Crippen molar-refractivity contribution in [1.82, 2.24) is 0 Å². The smallest absolute Gasteiger partial charge is 0.377 e. The van der Waals surface area contributed by atoms with E-state index in [0.29, 0.717) is 5.92 Å². The molecule has 4 heteroatoms. The van der Waals surface area contributed by atoms with Crippen LogP contribution < -0.4 is 0 Å². The zero-order valence-corrected chi connectivity index (χ0v) is 10.9. The van der Waals surface area contributed by atoms with E-state index < -0.39 is 8.80 Å². The van der Waals surface area contributed by atoms with Crippen molar-refractivity contribution in [2.24, 2.45) is 5.92 Å². The van der Waals surface area contributed by atoms with E-state index in [-0.39, 0.29) is 5.04 Å². The highest BCUT2D eigenvalue weighted by Gasteiger charge is 2.60. The minimum atomic E-state index is -2.47. The molecule has 1 aliphatic carbocycles. The van der Waals surface area contributed by atoms with Crippen LogP contribution in [0.2, 0.25) is 5.04 Å². The van der Waals surface area contributed by atoms with Gasteiger partial charge in [-0.25, -0.2) is 0 Å². The zero-order valence-electron chi connectivity index (χ0n) is 9.92. The topological polar surface area (TPSA) is 27.7 Å². The number of rotatable bonds is 4. The molecule has 0 amide bonds. The zero-order chi connectivity index (χ0) is 10.8. The average Bonchev–Trinajstić information content (AvgIpc) is 2.52. The molecule has 0 aromatic heterocycles. The van der Waals surface area contributed by atoms with Gasteiger partial charge < -0.3 is 13.3 Å². The molecule has 1 fully saturated rings. The molecule has 0 bridgehead atoms. The first kappa shape index (κ1) is 12.2. The first-order chi connectivity index (χ1) is 6.56. The fourth-order valence-corrected chi connectivity index (χ4v) is 5.87. The summed E-state index contributed by atoms with van der Waals surface area (Å²) in [6.07, 6.45) is 3.65. The first-order valence-corrected chi connectivity index (χ1v) is 6.94. The average molecular weight is 218 g/mol. The highest BCUT2D eigenvalue weighted by atomic mass is 28.4. The van der Waals surface area contributed by atoms with Gasteiger partial charge in [0.25, 0.3) is 0 Å². The molecule has 2 unspecified atom stereocenters. The van der Waals surface area contributed by atoms with Crippen molar-refractivity contribution in [2.45, 2.75) is 38.1 Å². The molecule has 0 saturated heterocycles. The van der Waals surface area contributed by atoms with E-state index in [2.05, 4.69) is 13.8 Å². The van der Waals surface area contributed by atoms with E-state index in [4.69, 9.17) is 13.3 Å².